The highest BCUT2D eigenvalue weighted by molar-refractivity contribution is 5.85. The molecule has 0 aromatic rings. The Morgan fingerprint density at radius 3 is 2.45 bits per heavy atom. The fourth-order valence-corrected chi connectivity index (χ4v) is 2.09. The highest BCUT2D eigenvalue weighted by Crippen LogP contribution is 2.19. The zero-order chi connectivity index (χ0) is 15.5. The van der Waals surface area contributed by atoms with Crippen molar-refractivity contribution in [2.75, 3.05) is 20.1 Å². The van der Waals surface area contributed by atoms with Gasteiger partial charge in [-0.1, -0.05) is 0 Å². The molecule has 0 saturated carbocycles. The van der Waals surface area contributed by atoms with Gasteiger partial charge in [-0.25, -0.2) is 9.59 Å². The number of β-amino-alcohol motifs (C(OH)–C–C–N with tert-alkyl or cyclic N) is 1. The normalized spacial score (nSPS) is 22.5. The summed E-state index contributed by atoms with van der Waals surface area (Å²) in [6, 6.07) is -1.63. The lowest BCUT2D eigenvalue weighted by Crippen LogP contribution is -2.50. The first-order valence-electron chi connectivity index (χ1n) is 6.36. The second-order valence-electron chi connectivity index (χ2n) is 5.52. The van der Waals surface area contributed by atoms with E-state index in [1.165, 1.54) is 7.05 Å². The number of hydrogen-bond acceptors (Lipinski definition) is 4. The van der Waals surface area contributed by atoms with E-state index in [-0.39, 0.29) is 25.4 Å². The number of carbonyl (C=O) groups is 3. The second-order valence-corrected chi connectivity index (χ2v) is 5.52. The van der Waals surface area contributed by atoms with E-state index in [1.54, 1.807) is 13.8 Å². The molecule has 1 aliphatic heterocycles. The Labute approximate surface area is 117 Å². The number of aliphatic hydroxyl groups excluding tert-OH is 1. The molecule has 1 saturated heterocycles. The predicted octanol–water partition coefficient (Wildman–Crippen LogP) is -1.01. The van der Waals surface area contributed by atoms with Crippen LogP contribution in [0.3, 0.4) is 0 Å². The van der Waals surface area contributed by atoms with Crippen LogP contribution in [0, 0.1) is 5.41 Å². The number of hydrogen-bond donors (Lipinski definition) is 4. The van der Waals surface area contributed by atoms with Gasteiger partial charge < -0.3 is 25.7 Å². The number of rotatable bonds is 4. The SMILES string of the molecule is CNC(=O)C(C)(C)CNC(=O)N1C[C@H](O)C[C@@H]1C(=O)O. The molecule has 8 heteroatoms. The van der Waals surface area contributed by atoms with Gasteiger partial charge in [0.15, 0.2) is 0 Å². The van der Waals surface area contributed by atoms with Gasteiger partial charge >= 0.3 is 12.0 Å². The van der Waals surface area contributed by atoms with Crippen molar-refractivity contribution in [2.45, 2.75) is 32.4 Å². The first-order valence-corrected chi connectivity index (χ1v) is 6.36. The molecule has 20 heavy (non-hydrogen) atoms. The van der Waals surface area contributed by atoms with Crippen LogP contribution in [-0.4, -0.2) is 65.3 Å². The van der Waals surface area contributed by atoms with Crippen molar-refractivity contribution in [3.8, 4) is 0 Å². The van der Waals surface area contributed by atoms with E-state index >= 15 is 0 Å². The third-order valence-electron chi connectivity index (χ3n) is 3.35. The molecule has 0 unspecified atom stereocenters. The number of likely N-dealkylation sites (tertiary alicyclic amines) is 1. The zero-order valence-electron chi connectivity index (χ0n) is 11.8. The third-order valence-corrected chi connectivity index (χ3v) is 3.35. The molecule has 8 nitrogen and oxygen atoms in total. The first kappa shape index (κ1) is 16.2. The highest BCUT2D eigenvalue weighted by atomic mass is 16.4. The van der Waals surface area contributed by atoms with Crippen molar-refractivity contribution in [2.24, 2.45) is 5.41 Å². The number of nitrogens with zero attached hydrogens (tertiary/aromatic N) is 1. The van der Waals surface area contributed by atoms with Gasteiger partial charge in [-0.3, -0.25) is 4.79 Å². The molecular weight excluding hydrogens is 266 g/mol. The smallest absolute Gasteiger partial charge is 0.326 e. The summed E-state index contributed by atoms with van der Waals surface area (Å²) in [7, 11) is 1.50. The molecule has 0 aromatic carbocycles. The van der Waals surface area contributed by atoms with Gasteiger partial charge in [0.1, 0.15) is 6.04 Å². The summed E-state index contributed by atoms with van der Waals surface area (Å²) >= 11 is 0. The van der Waals surface area contributed by atoms with Crippen molar-refractivity contribution in [3.05, 3.63) is 0 Å². The Kier molecular flexibility index (Phi) is 4.93. The topological polar surface area (TPSA) is 119 Å². The van der Waals surface area contributed by atoms with Crippen LogP contribution in [0.1, 0.15) is 20.3 Å². The lowest BCUT2D eigenvalue weighted by Gasteiger charge is -2.26. The molecule has 3 amide bonds. The predicted molar refractivity (Wildman–Crippen MR) is 70.0 cm³/mol. The largest absolute Gasteiger partial charge is 0.480 e. The van der Waals surface area contributed by atoms with Crippen LogP contribution < -0.4 is 10.6 Å². The van der Waals surface area contributed by atoms with Crippen LogP contribution in [0.15, 0.2) is 0 Å². The minimum atomic E-state index is -1.15. The minimum Gasteiger partial charge on any atom is -0.480 e. The van der Waals surface area contributed by atoms with Crippen molar-refractivity contribution in [3.63, 3.8) is 0 Å². The van der Waals surface area contributed by atoms with Gasteiger partial charge in [-0.05, 0) is 13.8 Å². The number of amides is 3. The summed E-state index contributed by atoms with van der Waals surface area (Å²) in [4.78, 5) is 35.7. The number of carboxylic acid groups (broad SMARTS) is 1. The standard InChI is InChI=1S/C12H21N3O5/c1-12(2,10(19)13-3)6-14-11(20)15-5-7(16)4-8(15)9(17)18/h7-8,16H,4-6H2,1-3H3,(H,13,19)(H,14,20)(H,17,18)/t7-,8-/m1/s1. The average Bonchev–Trinajstić information content (AvgIpc) is 2.77. The summed E-state index contributed by atoms with van der Waals surface area (Å²) in [5.74, 6) is -1.38. The minimum absolute atomic E-state index is 0.0155. The maximum absolute atomic E-state index is 12.0. The lowest BCUT2D eigenvalue weighted by molar-refractivity contribution is -0.141. The van der Waals surface area contributed by atoms with Crippen LogP contribution in [0.2, 0.25) is 0 Å². The Balaban J connectivity index is 2.63. The summed E-state index contributed by atoms with van der Waals surface area (Å²) in [5.41, 5.74) is -0.804. The van der Waals surface area contributed by atoms with Crippen molar-refractivity contribution >= 4 is 17.9 Å². The monoisotopic (exact) mass is 287 g/mol. The molecule has 1 fully saturated rings. The average molecular weight is 287 g/mol. The molecule has 0 aromatic heterocycles. The number of nitrogens with one attached hydrogen (secondary N) is 2. The number of urea groups is 1. The summed E-state index contributed by atoms with van der Waals surface area (Å²) in [6.07, 6.45) is -0.824. The summed E-state index contributed by atoms with van der Waals surface area (Å²) < 4.78 is 0. The zero-order valence-corrected chi connectivity index (χ0v) is 11.8. The van der Waals surface area contributed by atoms with Gasteiger partial charge in [0.05, 0.1) is 11.5 Å². The molecule has 1 aliphatic rings. The van der Waals surface area contributed by atoms with E-state index in [4.69, 9.17) is 5.11 Å². The van der Waals surface area contributed by atoms with Gasteiger partial charge in [0.25, 0.3) is 0 Å². The molecule has 1 rings (SSSR count). The number of carbonyl (C=O) groups excluding carboxylic acids is 2. The molecular formula is C12H21N3O5. The van der Waals surface area contributed by atoms with Crippen molar-refractivity contribution in [1.82, 2.24) is 15.5 Å². The molecule has 1 heterocycles. The quantitative estimate of drug-likeness (QED) is 0.528. The summed E-state index contributed by atoms with van der Waals surface area (Å²) in [5, 5.41) is 23.5. The van der Waals surface area contributed by atoms with E-state index in [9.17, 15) is 19.5 Å². The van der Waals surface area contributed by atoms with E-state index in [0.717, 1.165) is 4.90 Å². The Morgan fingerprint density at radius 1 is 1.35 bits per heavy atom. The molecule has 114 valence electrons. The van der Waals surface area contributed by atoms with E-state index in [1.807, 2.05) is 0 Å². The number of aliphatic carboxylic acids is 1. The van der Waals surface area contributed by atoms with Crippen LogP contribution >= 0.6 is 0 Å². The molecule has 0 aliphatic carbocycles. The van der Waals surface area contributed by atoms with E-state index < -0.39 is 29.6 Å². The van der Waals surface area contributed by atoms with Crippen LogP contribution in [0.4, 0.5) is 4.79 Å². The van der Waals surface area contributed by atoms with Crippen LogP contribution in [0.5, 0.6) is 0 Å². The second kappa shape index (κ2) is 6.08. The molecule has 2 atom stereocenters. The Hall–Kier alpha value is -1.83. The number of carboxylic acids is 1. The highest BCUT2D eigenvalue weighted by Gasteiger charge is 2.39. The van der Waals surface area contributed by atoms with E-state index in [0.29, 0.717) is 0 Å². The van der Waals surface area contributed by atoms with Crippen molar-refractivity contribution in [1.29, 1.82) is 0 Å². The molecule has 4 N–H and O–H groups in total. The van der Waals surface area contributed by atoms with Crippen molar-refractivity contribution < 1.29 is 24.6 Å². The van der Waals surface area contributed by atoms with Gasteiger partial charge in [0, 0.05) is 26.6 Å². The van der Waals surface area contributed by atoms with Crippen LogP contribution in [-0.2, 0) is 9.59 Å². The Morgan fingerprint density at radius 2 is 1.95 bits per heavy atom. The third kappa shape index (κ3) is 3.60. The van der Waals surface area contributed by atoms with Gasteiger partial charge in [0.2, 0.25) is 5.91 Å². The molecule has 0 bridgehead atoms. The Bertz CT molecular complexity index is 410. The maximum Gasteiger partial charge on any atom is 0.326 e. The molecule has 0 spiro atoms. The maximum atomic E-state index is 12.0. The van der Waals surface area contributed by atoms with Crippen LogP contribution in [0.25, 0.3) is 0 Å². The summed E-state index contributed by atoms with van der Waals surface area (Å²) in [6.45, 7) is 3.38. The molecule has 0 radical (unpaired) electrons. The first-order chi connectivity index (χ1) is 9.19. The van der Waals surface area contributed by atoms with E-state index in [2.05, 4.69) is 10.6 Å². The van der Waals surface area contributed by atoms with Gasteiger partial charge in [-0.2, -0.15) is 0 Å². The fourth-order valence-electron chi connectivity index (χ4n) is 2.09. The van der Waals surface area contributed by atoms with Gasteiger partial charge in [-0.15, -0.1) is 0 Å². The number of aliphatic hydroxyl groups is 1. The lowest BCUT2D eigenvalue weighted by atomic mass is 9.92. The fraction of sp³-hybridized carbons (Fsp3) is 0.750.